The molecule has 2 aromatic carbocycles. The van der Waals surface area contributed by atoms with Gasteiger partial charge in [-0.05, 0) is 30.7 Å². The largest absolute Gasteiger partial charge is 0.493 e. The average molecular weight is 431 g/mol. The van der Waals surface area contributed by atoms with E-state index in [1.807, 2.05) is 6.92 Å². The molecule has 0 radical (unpaired) electrons. The third-order valence-corrected chi connectivity index (χ3v) is 5.67. The van der Waals surface area contributed by atoms with E-state index in [1.54, 1.807) is 16.6 Å². The molecule has 4 aromatic rings. The van der Waals surface area contributed by atoms with Gasteiger partial charge in [-0.15, -0.1) is 0 Å². The van der Waals surface area contributed by atoms with Gasteiger partial charge in [0.2, 0.25) is 10.7 Å². The minimum absolute atomic E-state index is 0.330. The van der Waals surface area contributed by atoms with Gasteiger partial charge < -0.3 is 14.2 Å². The maximum Gasteiger partial charge on any atom is 0.213 e. The molecule has 0 unspecified atom stereocenters. The fourth-order valence-corrected chi connectivity index (χ4v) is 4.13. The van der Waals surface area contributed by atoms with Gasteiger partial charge in [-0.1, -0.05) is 18.3 Å². The van der Waals surface area contributed by atoms with Gasteiger partial charge in [0.05, 0.1) is 21.3 Å². The molecule has 6 nitrogen and oxygen atoms in total. The van der Waals surface area contributed by atoms with E-state index in [1.165, 1.54) is 44.8 Å². The zero-order valence-corrected chi connectivity index (χ0v) is 17.6. The van der Waals surface area contributed by atoms with Crippen LogP contribution in [0.3, 0.4) is 0 Å². The van der Waals surface area contributed by atoms with Crippen LogP contribution in [0.1, 0.15) is 11.9 Å². The quantitative estimate of drug-likeness (QED) is 0.430. The topological polar surface area (TPSA) is 57.9 Å². The minimum atomic E-state index is -0.679. The number of rotatable bonds is 6. The Balaban J connectivity index is 2.03. The first-order valence-corrected chi connectivity index (χ1v) is 9.96. The van der Waals surface area contributed by atoms with Gasteiger partial charge in [0.15, 0.2) is 11.5 Å². The molecule has 0 saturated carbocycles. The molecule has 2 heterocycles. The van der Waals surface area contributed by atoms with Crippen LogP contribution in [0.4, 0.5) is 8.78 Å². The van der Waals surface area contributed by atoms with Gasteiger partial charge >= 0.3 is 0 Å². The molecule has 2 aromatic heterocycles. The lowest BCUT2D eigenvalue weighted by Crippen LogP contribution is -1.97. The first kappa shape index (κ1) is 20.1. The van der Waals surface area contributed by atoms with E-state index in [4.69, 9.17) is 19.2 Å². The first-order chi connectivity index (χ1) is 14.5. The average Bonchev–Trinajstić information content (AvgIpc) is 3.29. The summed E-state index contributed by atoms with van der Waals surface area (Å²) in [7, 11) is 4.55. The number of aryl methyl sites for hydroxylation is 1. The van der Waals surface area contributed by atoms with Crippen molar-refractivity contribution >= 4 is 16.3 Å². The molecule has 0 atom stereocenters. The fraction of sp³-hybridized carbons (Fsp3) is 0.238. The Hall–Kier alpha value is -3.20. The van der Waals surface area contributed by atoms with Gasteiger partial charge in [-0.25, -0.2) is 18.3 Å². The highest BCUT2D eigenvalue weighted by molar-refractivity contribution is 7.16. The molecule has 0 spiro atoms. The molecular weight excluding hydrogens is 412 g/mol. The van der Waals surface area contributed by atoms with Gasteiger partial charge in [-0.3, -0.25) is 0 Å². The molecule has 0 amide bonds. The second-order valence-electron chi connectivity index (χ2n) is 6.42. The Morgan fingerprint density at radius 1 is 0.900 bits per heavy atom. The molecular formula is C21H19F2N3O3S. The Labute approximate surface area is 175 Å². The van der Waals surface area contributed by atoms with Crippen LogP contribution in [0, 0.1) is 11.6 Å². The van der Waals surface area contributed by atoms with Crippen LogP contribution >= 0.6 is 11.3 Å². The minimum Gasteiger partial charge on any atom is -0.493 e. The highest BCUT2D eigenvalue weighted by atomic mass is 32.1. The van der Waals surface area contributed by atoms with Gasteiger partial charge in [-0.2, -0.15) is 5.10 Å². The van der Waals surface area contributed by atoms with E-state index in [9.17, 15) is 8.78 Å². The zero-order chi connectivity index (χ0) is 21.4. The van der Waals surface area contributed by atoms with E-state index in [2.05, 4.69) is 5.10 Å². The number of fused-ring (bicyclic) bond motifs is 1. The molecule has 0 saturated heterocycles. The Morgan fingerprint density at radius 3 is 2.07 bits per heavy atom. The van der Waals surface area contributed by atoms with Gasteiger partial charge in [0.1, 0.15) is 28.0 Å². The summed E-state index contributed by atoms with van der Waals surface area (Å²) in [4.78, 5) is 5.34. The summed E-state index contributed by atoms with van der Waals surface area (Å²) in [6.45, 7) is 1.99. The molecule has 0 bridgehead atoms. The lowest BCUT2D eigenvalue weighted by molar-refractivity contribution is 0.324. The van der Waals surface area contributed by atoms with Crippen molar-refractivity contribution in [2.45, 2.75) is 13.3 Å². The Bertz CT molecular complexity index is 1190. The van der Waals surface area contributed by atoms with Crippen molar-refractivity contribution in [3.8, 4) is 39.8 Å². The number of methoxy groups -OCH3 is 3. The Kier molecular flexibility index (Phi) is 5.29. The number of nitrogens with zero attached hydrogens (tertiary/aromatic N) is 3. The summed E-state index contributed by atoms with van der Waals surface area (Å²) in [5.74, 6) is -0.0263. The number of aromatic nitrogens is 3. The van der Waals surface area contributed by atoms with Crippen molar-refractivity contribution in [2.75, 3.05) is 21.3 Å². The summed E-state index contributed by atoms with van der Waals surface area (Å²) < 4.78 is 45.9. The highest BCUT2D eigenvalue weighted by Gasteiger charge is 2.23. The lowest BCUT2D eigenvalue weighted by Gasteiger charge is -2.14. The number of imidazole rings is 1. The highest BCUT2D eigenvalue weighted by Crippen LogP contribution is 2.43. The SMILES string of the molecule is CCc1nn2c(-c3cc(F)cc(F)c3)c(-c3cc(OC)c(OC)c(OC)c3)nc2s1. The molecule has 0 aliphatic rings. The van der Waals surface area contributed by atoms with Crippen LogP contribution in [0.15, 0.2) is 30.3 Å². The van der Waals surface area contributed by atoms with Crippen molar-refractivity contribution in [1.29, 1.82) is 0 Å². The van der Waals surface area contributed by atoms with Crippen LogP contribution in [0.5, 0.6) is 17.2 Å². The Morgan fingerprint density at radius 2 is 1.53 bits per heavy atom. The number of halogens is 2. The van der Waals surface area contributed by atoms with E-state index >= 15 is 0 Å². The monoisotopic (exact) mass is 431 g/mol. The van der Waals surface area contributed by atoms with Crippen LogP contribution in [-0.4, -0.2) is 35.9 Å². The maximum absolute atomic E-state index is 14.0. The molecule has 156 valence electrons. The summed E-state index contributed by atoms with van der Waals surface area (Å²) in [5.41, 5.74) is 1.95. The number of benzene rings is 2. The molecule has 0 aliphatic heterocycles. The maximum atomic E-state index is 14.0. The van der Waals surface area contributed by atoms with Gasteiger partial charge in [0, 0.05) is 17.2 Å². The molecule has 0 fully saturated rings. The number of ether oxygens (including phenoxy) is 3. The van der Waals surface area contributed by atoms with Crippen molar-refractivity contribution in [1.82, 2.24) is 14.6 Å². The van der Waals surface area contributed by atoms with E-state index < -0.39 is 11.6 Å². The van der Waals surface area contributed by atoms with Crippen LogP contribution in [0.25, 0.3) is 27.5 Å². The van der Waals surface area contributed by atoms with E-state index in [0.29, 0.717) is 44.7 Å². The normalized spacial score (nSPS) is 11.1. The third kappa shape index (κ3) is 3.35. The molecule has 0 N–H and O–H groups in total. The van der Waals surface area contributed by atoms with Crippen LogP contribution in [-0.2, 0) is 6.42 Å². The van der Waals surface area contributed by atoms with Crippen LogP contribution < -0.4 is 14.2 Å². The van der Waals surface area contributed by atoms with E-state index in [0.717, 1.165) is 17.5 Å². The van der Waals surface area contributed by atoms with Crippen molar-refractivity contribution in [3.63, 3.8) is 0 Å². The van der Waals surface area contributed by atoms with Crippen molar-refractivity contribution in [3.05, 3.63) is 47.0 Å². The van der Waals surface area contributed by atoms with Gasteiger partial charge in [0.25, 0.3) is 0 Å². The second kappa shape index (κ2) is 7.91. The number of hydrogen-bond donors (Lipinski definition) is 0. The lowest BCUT2D eigenvalue weighted by atomic mass is 10.0. The summed E-state index contributed by atoms with van der Waals surface area (Å²) in [5, 5.41) is 5.44. The predicted molar refractivity (Wildman–Crippen MR) is 111 cm³/mol. The standard InChI is InChI=1S/C21H19F2N3O3S/c1-5-17-25-26-19(12-6-13(22)10-14(23)7-12)18(24-21(26)30-17)11-8-15(27-2)20(29-4)16(9-11)28-3/h6-10H,5H2,1-4H3. The summed E-state index contributed by atoms with van der Waals surface area (Å²) >= 11 is 1.42. The molecule has 30 heavy (non-hydrogen) atoms. The zero-order valence-electron chi connectivity index (χ0n) is 16.8. The second-order valence-corrected chi connectivity index (χ2v) is 7.47. The predicted octanol–water partition coefficient (Wildman–Crippen LogP) is 4.99. The third-order valence-electron chi connectivity index (χ3n) is 4.62. The summed E-state index contributed by atoms with van der Waals surface area (Å²) in [6.07, 6.45) is 0.727. The van der Waals surface area contributed by atoms with E-state index in [-0.39, 0.29) is 0 Å². The first-order valence-electron chi connectivity index (χ1n) is 9.14. The smallest absolute Gasteiger partial charge is 0.213 e. The molecule has 9 heteroatoms. The summed E-state index contributed by atoms with van der Waals surface area (Å²) in [6, 6.07) is 6.85. The number of hydrogen-bond acceptors (Lipinski definition) is 6. The fourth-order valence-electron chi connectivity index (χ4n) is 3.30. The van der Waals surface area contributed by atoms with Crippen molar-refractivity contribution < 1.29 is 23.0 Å². The molecule has 0 aliphatic carbocycles. The van der Waals surface area contributed by atoms with Crippen LogP contribution in [0.2, 0.25) is 0 Å². The molecule has 4 rings (SSSR count). The van der Waals surface area contributed by atoms with Crippen molar-refractivity contribution in [2.24, 2.45) is 0 Å².